The van der Waals surface area contributed by atoms with E-state index in [1.807, 2.05) is 45.0 Å². The molecule has 0 radical (unpaired) electrons. The molecule has 0 aliphatic carbocycles. The second-order valence-electron chi connectivity index (χ2n) is 4.72. The first kappa shape index (κ1) is 15.4. The molecule has 2 N–H and O–H groups in total. The summed E-state index contributed by atoms with van der Waals surface area (Å²) in [7, 11) is 0. The predicted molar refractivity (Wildman–Crippen MR) is 75.0 cm³/mol. The maximum absolute atomic E-state index is 9.73. The maximum atomic E-state index is 9.73. The van der Waals surface area contributed by atoms with Crippen molar-refractivity contribution in [3.63, 3.8) is 0 Å². The van der Waals surface area contributed by atoms with Crippen LogP contribution in [0.25, 0.3) is 0 Å². The molecule has 0 spiro atoms. The molecule has 1 aromatic carbocycles. The molecule has 2 atom stereocenters. The van der Waals surface area contributed by atoms with Crippen molar-refractivity contribution in [1.82, 2.24) is 5.32 Å². The van der Waals surface area contributed by atoms with Crippen LogP contribution in [0.2, 0.25) is 5.02 Å². The van der Waals surface area contributed by atoms with Gasteiger partial charge in [-0.3, -0.25) is 0 Å². The fourth-order valence-corrected chi connectivity index (χ4v) is 1.77. The lowest BCUT2D eigenvalue weighted by atomic mass is 10.1. The molecule has 0 amide bonds. The zero-order valence-electron chi connectivity index (χ0n) is 11.2. The smallest absolute Gasteiger partial charge is 0.0898 e. The van der Waals surface area contributed by atoms with Crippen LogP contribution < -0.4 is 5.32 Å². The van der Waals surface area contributed by atoms with E-state index in [9.17, 15) is 5.11 Å². The van der Waals surface area contributed by atoms with Gasteiger partial charge in [0, 0.05) is 17.6 Å². The van der Waals surface area contributed by atoms with Crippen molar-refractivity contribution < 1.29 is 9.84 Å². The molecule has 1 rings (SSSR count). The summed E-state index contributed by atoms with van der Waals surface area (Å²) >= 11 is 5.94. The molecule has 18 heavy (non-hydrogen) atoms. The van der Waals surface area contributed by atoms with Gasteiger partial charge in [0.05, 0.1) is 18.8 Å². The van der Waals surface area contributed by atoms with Gasteiger partial charge in [-0.05, 0) is 38.5 Å². The molecular weight excluding hydrogens is 250 g/mol. The number of aliphatic hydroxyl groups is 1. The SMILES string of the molecule is CC(C)OCC(O)CN[C@@H](C)c1cccc(Cl)c1. The lowest BCUT2D eigenvalue weighted by Crippen LogP contribution is -2.32. The van der Waals surface area contributed by atoms with Gasteiger partial charge >= 0.3 is 0 Å². The first-order chi connectivity index (χ1) is 8.49. The zero-order valence-corrected chi connectivity index (χ0v) is 11.9. The van der Waals surface area contributed by atoms with Gasteiger partial charge in [0.15, 0.2) is 0 Å². The van der Waals surface area contributed by atoms with E-state index in [-0.39, 0.29) is 12.1 Å². The number of hydrogen-bond acceptors (Lipinski definition) is 3. The minimum Gasteiger partial charge on any atom is -0.389 e. The van der Waals surface area contributed by atoms with Gasteiger partial charge in [-0.2, -0.15) is 0 Å². The highest BCUT2D eigenvalue weighted by atomic mass is 35.5. The number of nitrogens with one attached hydrogen (secondary N) is 1. The maximum Gasteiger partial charge on any atom is 0.0898 e. The average Bonchev–Trinajstić information content (AvgIpc) is 2.33. The second-order valence-corrected chi connectivity index (χ2v) is 5.16. The Balaban J connectivity index is 2.34. The van der Waals surface area contributed by atoms with Crippen LogP contribution >= 0.6 is 11.6 Å². The van der Waals surface area contributed by atoms with Gasteiger partial charge in [0.1, 0.15) is 0 Å². The third kappa shape index (κ3) is 5.83. The van der Waals surface area contributed by atoms with Crippen molar-refractivity contribution in [1.29, 1.82) is 0 Å². The van der Waals surface area contributed by atoms with Crippen molar-refractivity contribution in [2.75, 3.05) is 13.2 Å². The Kier molecular flexibility index (Phi) is 6.65. The Morgan fingerprint density at radius 2 is 2.06 bits per heavy atom. The molecule has 0 saturated carbocycles. The minimum atomic E-state index is -0.492. The standard InChI is InChI=1S/C14H22ClNO2/c1-10(2)18-9-14(17)8-16-11(3)12-5-4-6-13(15)7-12/h4-7,10-11,14,16-17H,8-9H2,1-3H3/t11-,14?/m0/s1. The summed E-state index contributed by atoms with van der Waals surface area (Å²) in [6, 6.07) is 7.87. The molecule has 0 bridgehead atoms. The van der Waals surface area contributed by atoms with Gasteiger partial charge in [0.2, 0.25) is 0 Å². The summed E-state index contributed by atoms with van der Waals surface area (Å²) in [6.45, 7) is 6.80. The molecule has 0 saturated heterocycles. The van der Waals surface area contributed by atoms with Crippen molar-refractivity contribution in [2.24, 2.45) is 0 Å². The molecule has 0 fully saturated rings. The quantitative estimate of drug-likeness (QED) is 0.801. The van der Waals surface area contributed by atoms with E-state index in [1.54, 1.807) is 0 Å². The van der Waals surface area contributed by atoms with Gasteiger partial charge in [0.25, 0.3) is 0 Å². The first-order valence-electron chi connectivity index (χ1n) is 6.27. The molecule has 0 aliphatic heterocycles. The molecule has 1 aromatic rings. The summed E-state index contributed by atoms with van der Waals surface area (Å²) in [5.74, 6) is 0. The summed E-state index contributed by atoms with van der Waals surface area (Å²) in [5.41, 5.74) is 1.11. The van der Waals surface area contributed by atoms with E-state index in [1.165, 1.54) is 0 Å². The fraction of sp³-hybridized carbons (Fsp3) is 0.571. The Morgan fingerprint density at radius 3 is 2.67 bits per heavy atom. The number of halogens is 1. The van der Waals surface area contributed by atoms with Crippen LogP contribution in [-0.4, -0.2) is 30.5 Å². The second kappa shape index (κ2) is 7.74. The predicted octanol–water partition coefficient (Wildman–Crippen LogP) is 2.78. The number of hydrogen-bond donors (Lipinski definition) is 2. The van der Waals surface area contributed by atoms with Crippen LogP contribution in [0, 0.1) is 0 Å². The van der Waals surface area contributed by atoms with Crippen LogP contribution in [-0.2, 0) is 4.74 Å². The number of rotatable bonds is 7. The van der Waals surface area contributed by atoms with E-state index < -0.39 is 6.10 Å². The lowest BCUT2D eigenvalue weighted by Gasteiger charge is -2.18. The lowest BCUT2D eigenvalue weighted by molar-refractivity contribution is 0.00560. The highest BCUT2D eigenvalue weighted by Gasteiger charge is 2.09. The van der Waals surface area contributed by atoms with Crippen molar-refractivity contribution in [3.05, 3.63) is 34.9 Å². The van der Waals surface area contributed by atoms with Gasteiger partial charge in [-0.1, -0.05) is 23.7 Å². The van der Waals surface area contributed by atoms with Crippen molar-refractivity contribution in [2.45, 2.75) is 39.0 Å². The van der Waals surface area contributed by atoms with Gasteiger partial charge < -0.3 is 15.2 Å². The molecular formula is C14H22ClNO2. The Labute approximate surface area is 114 Å². The average molecular weight is 272 g/mol. The highest BCUT2D eigenvalue weighted by molar-refractivity contribution is 6.30. The Morgan fingerprint density at radius 1 is 1.33 bits per heavy atom. The Hall–Kier alpha value is -0.610. The van der Waals surface area contributed by atoms with E-state index in [2.05, 4.69) is 5.32 Å². The van der Waals surface area contributed by atoms with E-state index in [4.69, 9.17) is 16.3 Å². The number of ether oxygens (including phenoxy) is 1. The van der Waals surface area contributed by atoms with Crippen molar-refractivity contribution in [3.8, 4) is 0 Å². The van der Waals surface area contributed by atoms with Crippen LogP contribution in [0.5, 0.6) is 0 Å². The van der Waals surface area contributed by atoms with Gasteiger partial charge in [-0.15, -0.1) is 0 Å². The summed E-state index contributed by atoms with van der Waals surface area (Å²) in [4.78, 5) is 0. The molecule has 1 unspecified atom stereocenters. The topological polar surface area (TPSA) is 41.5 Å². The van der Waals surface area contributed by atoms with Crippen LogP contribution in [0.3, 0.4) is 0 Å². The third-order valence-electron chi connectivity index (χ3n) is 2.63. The fourth-order valence-electron chi connectivity index (χ4n) is 1.57. The molecule has 0 aromatic heterocycles. The first-order valence-corrected chi connectivity index (χ1v) is 6.65. The van der Waals surface area contributed by atoms with Crippen LogP contribution in [0.15, 0.2) is 24.3 Å². The summed E-state index contributed by atoms with van der Waals surface area (Å²) in [6.07, 6.45) is -0.348. The number of aliphatic hydroxyl groups excluding tert-OH is 1. The normalized spacial score (nSPS) is 14.8. The molecule has 0 aliphatic rings. The van der Waals surface area contributed by atoms with Gasteiger partial charge in [-0.25, -0.2) is 0 Å². The molecule has 102 valence electrons. The van der Waals surface area contributed by atoms with E-state index in [0.29, 0.717) is 13.2 Å². The monoisotopic (exact) mass is 271 g/mol. The van der Waals surface area contributed by atoms with E-state index in [0.717, 1.165) is 10.6 Å². The molecule has 0 heterocycles. The number of benzene rings is 1. The van der Waals surface area contributed by atoms with Crippen LogP contribution in [0.4, 0.5) is 0 Å². The largest absolute Gasteiger partial charge is 0.389 e. The van der Waals surface area contributed by atoms with Crippen LogP contribution in [0.1, 0.15) is 32.4 Å². The Bertz CT molecular complexity index is 357. The minimum absolute atomic E-state index is 0.144. The molecule has 4 heteroatoms. The summed E-state index contributed by atoms with van der Waals surface area (Å²) in [5, 5.41) is 13.7. The highest BCUT2D eigenvalue weighted by Crippen LogP contribution is 2.17. The third-order valence-corrected chi connectivity index (χ3v) is 2.87. The zero-order chi connectivity index (χ0) is 13.5. The van der Waals surface area contributed by atoms with E-state index >= 15 is 0 Å². The van der Waals surface area contributed by atoms with Crippen molar-refractivity contribution >= 4 is 11.6 Å². The summed E-state index contributed by atoms with van der Waals surface area (Å²) < 4.78 is 5.35. The molecule has 3 nitrogen and oxygen atoms in total.